The quantitative estimate of drug-likeness (QED) is 0.593. The van der Waals surface area contributed by atoms with E-state index in [4.69, 9.17) is 4.74 Å². The predicted octanol–water partition coefficient (Wildman–Crippen LogP) is 0.0485. The summed E-state index contributed by atoms with van der Waals surface area (Å²) in [4.78, 5) is 0. The number of hydrogen-bond donors (Lipinski definition) is 1. The zero-order valence-electron chi connectivity index (χ0n) is 6.13. The smallest absolute Gasteiger partial charge is 0.0974 e. The summed E-state index contributed by atoms with van der Waals surface area (Å²) in [7, 11) is -0.754. The van der Waals surface area contributed by atoms with Crippen molar-refractivity contribution in [1.29, 1.82) is 0 Å². The van der Waals surface area contributed by atoms with E-state index in [1.807, 2.05) is 0 Å². The lowest BCUT2D eigenvalue weighted by atomic mass is 10.3. The lowest BCUT2D eigenvalue weighted by Crippen LogP contribution is -2.32. The van der Waals surface area contributed by atoms with Crippen LogP contribution in [0.4, 0.5) is 0 Å². The van der Waals surface area contributed by atoms with E-state index in [9.17, 15) is 4.21 Å². The van der Waals surface area contributed by atoms with Crippen LogP contribution in [-0.2, 0) is 15.5 Å². The van der Waals surface area contributed by atoms with Crippen molar-refractivity contribution < 1.29 is 8.95 Å². The van der Waals surface area contributed by atoms with Gasteiger partial charge in [-0.05, 0) is 12.8 Å². The van der Waals surface area contributed by atoms with Crippen LogP contribution in [0.2, 0.25) is 0 Å². The Morgan fingerprint density at radius 2 is 2.50 bits per heavy atom. The van der Waals surface area contributed by atoms with E-state index in [1.165, 1.54) is 0 Å². The van der Waals surface area contributed by atoms with Gasteiger partial charge in [0.2, 0.25) is 0 Å². The van der Waals surface area contributed by atoms with Crippen LogP contribution in [-0.4, -0.2) is 29.2 Å². The van der Waals surface area contributed by atoms with Gasteiger partial charge in [0.15, 0.2) is 0 Å². The molecule has 1 fully saturated rings. The fraction of sp³-hybridized carbons (Fsp3) is 1.00. The summed E-state index contributed by atoms with van der Waals surface area (Å²) in [5.41, 5.74) is 0. The summed E-state index contributed by atoms with van der Waals surface area (Å²) in [6.45, 7) is 1.34. The van der Waals surface area contributed by atoms with Crippen LogP contribution >= 0.6 is 0 Å². The van der Waals surface area contributed by atoms with E-state index < -0.39 is 10.8 Å². The van der Waals surface area contributed by atoms with Crippen molar-refractivity contribution >= 4 is 10.8 Å². The molecule has 0 aromatic heterocycles. The Morgan fingerprint density at radius 3 is 3.20 bits per heavy atom. The molecule has 1 aliphatic heterocycles. The zero-order chi connectivity index (χ0) is 7.40. The number of nitrogens with one attached hydrogen (secondary N) is 1. The summed E-state index contributed by atoms with van der Waals surface area (Å²) in [5.74, 6) is 0. The number of hydrogen-bond acceptors (Lipinski definition) is 3. The minimum atomic E-state index is -0.754. The molecule has 1 heterocycles. The van der Waals surface area contributed by atoms with Crippen molar-refractivity contribution in [2.24, 2.45) is 0 Å². The van der Waals surface area contributed by atoms with Gasteiger partial charge in [-0.1, -0.05) is 0 Å². The molecule has 0 bridgehead atoms. The van der Waals surface area contributed by atoms with Crippen molar-refractivity contribution in [3.05, 3.63) is 0 Å². The second-order valence-electron chi connectivity index (χ2n) is 2.39. The fourth-order valence-electron chi connectivity index (χ4n) is 0.980. The summed E-state index contributed by atoms with van der Waals surface area (Å²) in [6, 6.07) is 0. The van der Waals surface area contributed by atoms with E-state index in [0.717, 1.165) is 19.4 Å². The van der Waals surface area contributed by atoms with Gasteiger partial charge in [-0.2, -0.15) is 0 Å². The molecule has 4 heteroatoms. The predicted molar refractivity (Wildman–Crippen MR) is 41.0 cm³/mol. The largest absolute Gasteiger partial charge is 0.366 e. The minimum absolute atomic E-state index is 0.141. The molecular weight excluding hydrogens is 150 g/mol. The van der Waals surface area contributed by atoms with Gasteiger partial charge in [0.05, 0.1) is 12.1 Å². The molecule has 0 aromatic rings. The molecule has 0 spiro atoms. The van der Waals surface area contributed by atoms with E-state index in [2.05, 4.69) is 5.32 Å². The highest BCUT2D eigenvalue weighted by Gasteiger charge is 2.13. The molecule has 2 unspecified atom stereocenters. The Balaban J connectivity index is 2.35. The second-order valence-corrected chi connectivity index (χ2v) is 3.95. The Kier molecular flexibility index (Phi) is 3.31. The molecule has 10 heavy (non-hydrogen) atoms. The first kappa shape index (κ1) is 8.17. The molecule has 0 aromatic carbocycles. The third kappa shape index (κ3) is 2.36. The normalized spacial score (nSPS) is 31.1. The van der Waals surface area contributed by atoms with Crippen LogP contribution in [0, 0.1) is 0 Å². The standard InChI is InChI=1S/C6H13NO2S/c1-10(8)6-3-2-4-9-5-7-6/h6-7H,2-5H2,1H3. The van der Waals surface area contributed by atoms with Crippen molar-refractivity contribution in [3.8, 4) is 0 Å². The first-order valence-electron chi connectivity index (χ1n) is 3.44. The van der Waals surface area contributed by atoms with Crippen molar-refractivity contribution in [2.45, 2.75) is 18.2 Å². The average Bonchev–Trinajstić information content (AvgIpc) is 2.12. The van der Waals surface area contributed by atoms with E-state index in [1.54, 1.807) is 6.26 Å². The highest BCUT2D eigenvalue weighted by atomic mass is 32.2. The van der Waals surface area contributed by atoms with Crippen LogP contribution in [0.1, 0.15) is 12.8 Å². The Labute approximate surface area is 63.6 Å². The first-order valence-corrected chi connectivity index (χ1v) is 5.06. The SMILES string of the molecule is CS(=O)C1CCCOCN1. The molecule has 3 nitrogen and oxygen atoms in total. The van der Waals surface area contributed by atoms with Crippen LogP contribution < -0.4 is 5.32 Å². The maximum Gasteiger partial charge on any atom is 0.0974 e. The maximum atomic E-state index is 10.9. The van der Waals surface area contributed by atoms with E-state index in [-0.39, 0.29) is 5.37 Å². The molecule has 2 atom stereocenters. The van der Waals surface area contributed by atoms with Crippen molar-refractivity contribution in [3.63, 3.8) is 0 Å². The molecule has 0 aliphatic carbocycles. The van der Waals surface area contributed by atoms with Crippen LogP contribution in [0.3, 0.4) is 0 Å². The van der Waals surface area contributed by atoms with Gasteiger partial charge < -0.3 is 4.74 Å². The third-order valence-electron chi connectivity index (χ3n) is 1.57. The minimum Gasteiger partial charge on any atom is -0.366 e. The zero-order valence-corrected chi connectivity index (χ0v) is 6.95. The fourth-order valence-corrected chi connectivity index (χ4v) is 1.78. The van der Waals surface area contributed by atoms with Gasteiger partial charge in [-0.25, -0.2) is 0 Å². The summed E-state index contributed by atoms with van der Waals surface area (Å²) >= 11 is 0. The summed E-state index contributed by atoms with van der Waals surface area (Å²) < 4.78 is 16.1. The van der Waals surface area contributed by atoms with Gasteiger partial charge in [-0.15, -0.1) is 0 Å². The monoisotopic (exact) mass is 163 g/mol. The first-order chi connectivity index (χ1) is 4.80. The molecule has 1 N–H and O–H groups in total. The van der Waals surface area contributed by atoms with Gasteiger partial charge in [-0.3, -0.25) is 9.53 Å². The lowest BCUT2D eigenvalue weighted by Gasteiger charge is -2.10. The molecule has 1 saturated heterocycles. The van der Waals surface area contributed by atoms with Crippen LogP contribution in [0.25, 0.3) is 0 Å². The highest BCUT2D eigenvalue weighted by molar-refractivity contribution is 7.84. The van der Waals surface area contributed by atoms with Crippen LogP contribution in [0.5, 0.6) is 0 Å². The molecule has 1 aliphatic rings. The molecule has 1 rings (SSSR count). The maximum absolute atomic E-state index is 10.9. The highest BCUT2D eigenvalue weighted by Crippen LogP contribution is 2.04. The summed E-state index contributed by atoms with van der Waals surface area (Å²) in [6.07, 6.45) is 3.70. The van der Waals surface area contributed by atoms with E-state index >= 15 is 0 Å². The topological polar surface area (TPSA) is 38.3 Å². The number of rotatable bonds is 1. The number of ether oxygens (including phenoxy) is 1. The molecule has 0 saturated carbocycles. The second kappa shape index (κ2) is 4.05. The average molecular weight is 163 g/mol. The van der Waals surface area contributed by atoms with Gasteiger partial charge in [0.25, 0.3) is 0 Å². The molecule has 0 amide bonds. The Bertz CT molecular complexity index is 121. The third-order valence-corrected chi connectivity index (χ3v) is 2.77. The Hall–Kier alpha value is 0.0700. The van der Waals surface area contributed by atoms with Gasteiger partial charge in [0.1, 0.15) is 0 Å². The van der Waals surface area contributed by atoms with E-state index in [0.29, 0.717) is 6.73 Å². The molecular formula is C6H13NO2S. The molecule has 0 radical (unpaired) electrons. The molecule has 60 valence electrons. The van der Waals surface area contributed by atoms with Gasteiger partial charge >= 0.3 is 0 Å². The summed E-state index contributed by atoms with van der Waals surface area (Å²) in [5, 5.41) is 3.20. The van der Waals surface area contributed by atoms with Gasteiger partial charge in [0, 0.05) is 23.7 Å². The Morgan fingerprint density at radius 1 is 1.70 bits per heavy atom. The lowest BCUT2D eigenvalue weighted by molar-refractivity contribution is 0.131. The van der Waals surface area contributed by atoms with Crippen molar-refractivity contribution in [2.75, 3.05) is 19.6 Å². The van der Waals surface area contributed by atoms with Crippen molar-refractivity contribution in [1.82, 2.24) is 5.32 Å². The van der Waals surface area contributed by atoms with Crippen LogP contribution in [0.15, 0.2) is 0 Å².